The Labute approximate surface area is 248 Å². The maximum atomic E-state index is 13.5. The summed E-state index contributed by atoms with van der Waals surface area (Å²) in [5, 5.41) is 26.6. The van der Waals surface area contributed by atoms with Gasteiger partial charge in [0, 0.05) is 38.7 Å². The quantitative estimate of drug-likeness (QED) is 0.300. The molecular formula is C31H35N7O5. The first kappa shape index (κ1) is 28.4. The van der Waals surface area contributed by atoms with Crippen molar-refractivity contribution < 1.29 is 19.8 Å². The lowest BCUT2D eigenvalue weighted by Gasteiger charge is -2.38. The van der Waals surface area contributed by atoms with E-state index < -0.39 is 11.7 Å². The van der Waals surface area contributed by atoms with Gasteiger partial charge in [-0.2, -0.15) is 5.10 Å². The van der Waals surface area contributed by atoms with E-state index in [1.807, 2.05) is 55.5 Å². The lowest BCUT2D eigenvalue weighted by Crippen LogP contribution is -2.49. The Hall–Kier alpha value is -4.71. The number of carbonyl (C=O) groups excluding carboxylic acids is 1. The normalized spacial score (nSPS) is 16.7. The number of hydrogen-bond acceptors (Lipinski definition) is 7. The third-order valence-corrected chi connectivity index (χ3v) is 8.66. The fourth-order valence-electron chi connectivity index (χ4n) is 6.23. The van der Waals surface area contributed by atoms with E-state index >= 15 is 0 Å². The molecule has 0 bridgehead atoms. The zero-order valence-electron chi connectivity index (χ0n) is 24.2. The van der Waals surface area contributed by atoms with Gasteiger partial charge in [0.25, 0.3) is 5.56 Å². The fourth-order valence-corrected chi connectivity index (χ4v) is 6.23. The SMILES string of the molecule is C[C@H](CC(=O)N1CCC(O)(Cn2cnc3c(-c4ccc5c(c4)N(NC(=O)O)CC5)n(C)nc3c2=O)CC1)c1ccccc1. The number of rotatable bonds is 7. The lowest BCUT2D eigenvalue weighted by molar-refractivity contribution is -0.136. The van der Waals surface area contributed by atoms with Gasteiger partial charge < -0.3 is 15.1 Å². The summed E-state index contributed by atoms with van der Waals surface area (Å²) in [6.45, 7) is 3.46. The lowest BCUT2D eigenvalue weighted by atomic mass is 9.90. The summed E-state index contributed by atoms with van der Waals surface area (Å²) < 4.78 is 3.00. The summed E-state index contributed by atoms with van der Waals surface area (Å²) in [5.74, 6) is 0.166. The molecule has 2 amide bonds. The van der Waals surface area contributed by atoms with E-state index in [4.69, 9.17) is 0 Å². The number of aliphatic hydroxyl groups is 1. The van der Waals surface area contributed by atoms with Crippen molar-refractivity contribution in [3.8, 4) is 11.3 Å². The number of nitrogens with one attached hydrogen (secondary N) is 1. The minimum atomic E-state index is -1.15. The molecule has 0 spiro atoms. The van der Waals surface area contributed by atoms with Gasteiger partial charge in [0.2, 0.25) is 5.91 Å². The van der Waals surface area contributed by atoms with Gasteiger partial charge in [0.05, 0.1) is 29.9 Å². The predicted octanol–water partition coefficient (Wildman–Crippen LogP) is 2.89. The first-order valence-corrected chi connectivity index (χ1v) is 14.5. The molecule has 6 rings (SSSR count). The van der Waals surface area contributed by atoms with Crippen molar-refractivity contribution in [1.82, 2.24) is 29.7 Å². The number of aryl methyl sites for hydroxylation is 1. The van der Waals surface area contributed by atoms with Gasteiger partial charge in [-0.15, -0.1) is 0 Å². The Morgan fingerprint density at radius 2 is 1.81 bits per heavy atom. The number of piperidine rings is 1. The molecule has 2 aromatic heterocycles. The van der Waals surface area contributed by atoms with Crippen LogP contribution in [0, 0.1) is 0 Å². The van der Waals surface area contributed by atoms with Crippen LogP contribution in [0.1, 0.15) is 43.2 Å². The number of carboxylic acid groups (broad SMARTS) is 1. The molecule has 0 unspecified atom stereocenters. The molecule has 2 aliphatic rings. The molecule has 0 aliphatic carbocycles. The highest BCUT2D eigenvalue weighted by Crippen LogP contribution is 2.34. The number of hydrazine groups is 1. The minimum Gasteiger partial charge on any atom is -0.464 e. The van der Waals surface area contributed by atoms with Crippen LogP contribution in [0.4, 0.5) is 10.5 Å². The molecule has 0 radical (unpaired) electrons. The number of likely N-dealkylation sites (tertiary alicyclic amines) is 1. The average Bonchev–Trinajstić information content (AvgIpc) is 3.54. The Kier molecular flexibility index (Phi) is 7.38. The molecule has 1 saturated heterocycles. The van der Waals surface area contributed by atoms with Crippen LogP contribution < -0.4 is 16.0 Å². The second-order valence-corrected chi connectivity index (χ2v) is 11.6. The minimum absolute atomic E-state index is 0.0534. The Balaban J connectivity index is 1.17. The molecule has 2 aromatic carbocycles. The average molecular weight is 586 g/mol. The van der Waals surface area contributed by atoms with Crippen molar-refractivity contribution in [2.24, 2.45) is 7.05 Å². The Morgan fingerprint density at radius 1 is 1.07 bits per heavy atom. The molecule has 2 aliphatic heterocycles. The number of amides is 2. The largest absolute Gasteiger partial charge is 0.464 e. The summed E-state index contributed by atoms with van der Waals surface area (Å²) in [6.07, 6.45) is 2.13. The van der Waals surface area contributed by atoms with E-state index in [9.17, 15) is 24.6 Å². The smallest absolute Gasteiger partial charge is 0.423 e. The van der Waals surface area contributed by atoms with Gasteiger partial charge in [-0.25, -0.2) is 15.2 Å². The highest BCUT2D eigenvalue weighted by Gasteiger charge is 2.35. The molecule has 43 heavy (non-hydrogen) atoms. The van der Waals surface area contributed by atoms with Gasteiger partial charge in [0.15, 0.2) is 5.52 Å². The third-order valence-electron chi connectivity index (χ3n) is 8.66. The van der Waals surface area contributed by atoms with E-state index in [0.717, 1.165) is 22.4 Å². The van der Waals surface area contributed by atoms with Gasteiger partial charge in [-0.3, -0.25) is 23.8 Å². The summed E-state index contributed by atoms with van der Waals surface area (Å²) in [6, 6.07) is 15.7. The van der Waals surface area contributed by atoms with Crippen molar-refractivity contribution in [2.75, 3.05) is 24.6 Å². The number of aromatic nitrogens is 4. The van der Waals surface area contributed by atoms with E-state index in [0.29, 0.717) is 56.5 Å². The fraction of sp³-hybridized carbons (Fsp3) is 0.387. The summed E-state index contributed by atoms with van der Waals surface area (Å²) in [7, 11) is 1.74. The Bertz CT molecular complexity index is 1740. The maximum Gasteiger partial charge on any atom is 0.423 e. The van der Waals surface area contributed by atoms with E-state index in [1.54, 1.807) is 21.6 Å². The van der Waals surface area contributed by atoms with Crippen LogP contribution in [0.3, 0.4) is 0 Å². The summed E-state index contributed by atoms with van der Waals surface area (Å²) in [5.41, 5.74) is 5.81. The van der Waals surface area contributed by atoms with Crippen LogP contribution in [0.25, 0.3) is 22.3 Å². The van der Waals surface area contributed by atoms with E-state index in [2.05, 4.69) is 15.5 Å². The highest BCUT2D eigenvalue weighted by atomic mass is 16.4. The van der Waals surface area contributed by atoms with Crippen molar-refractivity contribution in [1.29, 1.82) is 0 Å². The van der Waals surface area contributed by atoms with Crippen molar-refractivity contribution >= 4 is 28.7 Å². The topological polar surface area (TPSA) is 146 Å². The molecule has 1 atom stereocenters. The third kappa shape index (κ3) is 5.57. The van der Waals surface area contributed by atoms with Crippen LogP contribution in [0.15, 0.2) is 59.7 Å². The van der Waals surface area contributed by atoms with Crippen LogP contribution in [-0.4, -0.2) is 71.7 Å². The predicted molar refractivity (Wildman–Crippen MR) is 161 cm³/mol. The standard InChI is InChI=1S/C31H35N7O5/c1-20(21-6-4-3-5-7-21)16-25(39)36-14-11-31(43,12-15-36)18-37-19-32-26-27(29(37)40)33-35(2)28(26)23-9-8-22-10-13-38(24(22)17-23)34-30(41)42/h3-9,17,19-20,34,43H,10-16,18H2,1-2H3,(H,41,42)/t20-/m1/s1. The van der Waals surface area contributed by atoms with Crippen molar-refractivity contribution in [2.45, 2.75) is 50.7 Å². The molecule has 0 saturated carbocycles. The number of benzene rings is 2. The second-order valence-electron chi connectivity index (χ2n) is 11.6. The monoisotopic (exact) mass is 585 g/mol. The molecule has 4 aromatic rings. The van der Waals surface area contributed by atoms with Crippen LogP contribution in [0.2, 0.25) is 0 Å². The first-order chi connectivity index (χ1) is 20.6. The van der Waals surface area contributed by atoms with Crippen molar-refractivity contribution in [3.05, 3.63) is 76.3 Å². The summed E-state index contributed by atoms with van der Waals surface area (Å²) >= 11 is 0. The highest BCUT2D eigenvalue weighted by molar-refractivity contribution is 5.90. The maximum absolute atomic E-state index is 13.5. The van der Waals surface area contributed by atoms with Gasteiger partial charge in [0.1, 0.15) is 5.52 Å². The zero-order chi connectivity index (χ0) is 30.3. The molecular weight excluding hydrogens is 550 g/mol. The summed E-state index contributed by atoms with van der Waals surface area (Å²) in [4.78, 5) is 44.1. The number of carbonyl (C=O) groups is 2. The number of nitrogens with zero attached hydrogens (tertiary/aromatic N) is 6. The van der Waals surface area contributed by atoms with Gasteiger partial charge in [-0.05, 0) is 42.4 Å². The zero-order valence-corrected chi connectivity index (χ0v) is 24.2. The van der Waals surface area contributed by atoms with Gasteiger partial charge >= 0.3 is 6.09 Å². The molecule has 3 N–H and O–H groups in total. The van der Waals surface area contributed by atoms with Crippen LogP contribution >= 0.6 is 0 Å². The second kappa shape index (κ2) is 11.2. The number of anilines is 1. The Morgan fingerprint density at radius 3 is 2.53 bits per heavy atom. The van der Waals surface area contributed by atoms with Crippen LogP contribution in [0.5, 0.6) is 0 Å². The molecule has 12 nitrogen and oxygen atoms in total. The first-order valence-electron chi connectivity index (χ1n) is 14.5. The van der Waals surface area contributed by atoms with E-state index in [-0.39, 0.29) is 29.4 Å². The van der Waals surface area contributed by atoms with Crippen molar-refractivity contribution in [3.63, 3.8) is 0 Å². The van der Waals surface area contributed by atoms with Gasteiger partial charge in [-0.1, -0.05) is 49.4 Å². The van der Waals surface area contributed by atoms with E-state index in [1.165, 1.54) is 10.9 Å². The molecule has 1 fully saturated rings. The number of hydrogen-bond donors (Lipinski definition) is 3. The number of fused-ring (bicyclic) bond motifs is 2. The molecule has 4 heterocycles. The molecule has 224 valence electrons. The molecule has 12 heteroatoms. The van der Waals surface area contributed by atoms with Crippen LogP contribution in [-0.2, 0) is 24.8 Å².